The van der Waals surface area contributed by atoms with E-state index < -0.39 is 0 Å². The van der Waals surface area contributed by atoms with Crippen molar-refractivity contribution in [2.75, 3.05) is 11.9 Å². The molecule has 0 aromatic carbocycles. The molecule has 7 nitrogen and oxygen atoms in total. The zero-order chi connectivity index (χ0) is 13.5. The van der Waals surface area contributed by atoms with Crippen LogP contribution in [0.1, 0.15) is 23.1 Å². The third-order valence-corrected chi connectivity index (χ3v) is 2.33. The van der Waals surface area contributed by atoms with E-state index in [0.717, 1.165) is 5.69 Å². The van der Waals surface area contributed by atoms with Crippen molar-refractivity contribution in [3.05, 3.63) is 42.1 Å². The molecule has 19 heavy (non-hydrogen) atoms. The first-order chi connectivity index (χ1) is 9.29. The highest BCUT2D eigenvalue weighted by atomic mass is 16.1. The Kier molecular flexibility index (Phi) is 4.33. The maximum absolute atomic E-state index is 11.5. The molecule has 0 saturated heterocycles. The van der Waals surface area contributed by atoms with Crippen molar-refractivity contribution in [2.24, 2.45) is 0 Å². The lowest BCUT2D eigenvalue weighted by molar-refractivity contribution is 0.0950. The van der Waals surface area contributed by atoms with Gasteiger partial charge in [0, 0.05) is 12.7 Å². The Morgan fingerprint density at radius 2 is 2.16 bits per heavy atom. The van der Waals surface area contributed by atoms with Crippen LogP contribution in [0.5, 0.6) is 0 Å². The predicted octanol–water partition coefficient (Wildman–Crippen LogP) is 0.628. The summed E-state index contributed by atoms with van der Waals surface area (Å²) in [6, 6.07) is 5.14. The highest BCUT2D eigenvalue weighted by molar-refractivity contribution is 5.92. The molecule has 2 N–H and O–H groups in total. The highest BCUT2D eigenvalue weighted by Crippen LogP contribution is 2.04. The van der Waals surface area contributed by atoms with E-state index >= 15 is 0 Å². The molecule has 0 saturated carbocycles. The average Bonchev–Trinajstić information content (AvgIpc) is 2.47. The minimum atomic E-state index is -0.225. The Labute approximate surface area is 110 Å². The first-order valence-electron chi connectivity index (χ1n) is 5.90. The lowest BCUT2D eigenvalue weighted by atomic mass is 10.3. The van der Waals surface area contributed by atoms with Crippen LogP contribution >= 0.6 is 0 Å². The zero-order valence-corrected chi connectivity index (χ0v) is 10.5. The zero-order valence-electron chi connectivity index (χ0n) is 10.5. The quantitative estimate of drug-likeness (QED) is 0.817. The summed E-state index contributed by atoms with van der Waals surface area (Å²) in [5.41, 5.74) is 1.15. The Bertz CT molecular complexity index is 528. The lowest BCUT2D eigenvalue weighted by Crippen LogP contribution is -2.24. The van der Waals surface area contributed by atoms with Crippen molar-refractivity contribution in [2.45, 2.75) is 13.5 Å². The van der Waals surface area contributed by atoms with Gasteiger partial charge in [-0.15, -0.1) is 10.2 Å². The Balaban J connectivity index is 1.94. The van der Waals surface area contributed by atoms with Crippen LogP contribution in [0, 0.1) is 0 Å². The highest BCUT2D eigenvalue weighted by Gasteiger charge is 2.06. The van der Waals surface area contributed by atoms with E-state index in [1.807, 2.05) is 13.0 Å². The van der Waals surface area contributed by atoms with E-state index in [1.165, 1.54) is 6.33 Å². The molecule has 0 unspecified atom stereocenters. The SMILES string of the molecule is CCNC(=O)c1ccc(NCc2ccncn2)nn1. The maximum Gasteiger partial charge on any atom is 0.271 e. The molecule has 0 aliphatic rings. The summed E-state index contributed by atoms with van der Waals surface area (Å²) in [4.78, 5) is 19.4. The Morgan fingerprint density at radius 1 is 1.26 bits per heavy atom. The molecule has 2 aromatic rings. The Hall–Kier alpha value is -2.57. The number of hydrogen-bond donors (Lipinski definition) is 2. The van der Waals surface area contributed by atoms with Gasteiger partial charge in [0.05, 0.1) is 12.2 Å². The van der Waals surface area contributed by atoms with Gasteiger partial charge in [0.1, 0.15) is 12.1 Å². The minimum absolute atomic E-state index is 0.225. The molecule has 0 fully saturated rings. The van der Waals surface area contributed by atoms with Crippen LogP contribution in [0.25, 0.3) is 0 Å². The first kappa shape index (κ1) is 12.9. The van der Waals surface area contributed by atoms with Gasteiger partial charge in [0.15, 0.2) is 5.69 Å². The van der Waals surface area contributed by atoms with E-state index in [9.17, 15) is 4.79 Å². The summed E-state index contributed by atoms with van der Waals surface area (Å²) >= 11 is 0. The monoisotopic (exact) mass is 258 g/mol. The third-order valence-electron chi connectivity index (χ3n) is 2.33. The predicted molar refractivity (Wildman–Crippen MR) is 69.4 cm³/mol. The van der Waals surface area contributed by atoms with Gasteiger partial charge in [-0.2, -0.15) is 0 Å². The van der Waals surface area contributed by atoms with E-state index in [-0.39, 0.29) is 5.91 Å². The standard InChI is InChI=1S/C12H14N6O/c1-2-14-12(19)10-3-4-11(18-17-10)15-7-9-5-6-13-8-16-9/h3-6,8H,2,7H2,1H3,(H,14,19)(H,15,18). The molecule has 2 heterocycles. The topological polar surface area (TPSA) is 92.7 Å². The second kappa shape index (κ2) is 6.39. The van der Waals surface area contributed by atoms with Crippen molar-refractivity contribution in [1.82, 2.24) is 25.5 Å². The molecule has 98 valence electrons. The average molecular weight is 258 g/mol. The largest absolute Gasteiger partial charge is 0.363 e. The van der Waals surface area contributed by atoms with Crippen LogP contribution < -0.4 is 10.6 Å². The van der Waals surface area contributed by atoms with Gasteiger partial charge in [-0.3, -0.25) is 4.79 Å². The number of anilines is 1. The van der Waals surface area contributed by atoms with E-state index in [0.29, 0.717) is 24.6 Å². The summed E-state index contributed by atoms with van der Waals surface area (Å²) in [5, 5.41) is 13.5. The molecule has 0 aliphatic heterocycles. The molecule has 2 aromatic heterocycles. The fraction of sp³-hybridized carbons (Fsp3) is 0.250. The molecule has 7 heteroatoms. The summed E-state index contributed by atoms with van der Waals surface area (Å²) < 4.78 is 0. The van der Waals surface area contributed by atoms with Crippen molar-refractivity contribution >= 4 is 11.7 Å². The van der Waals surface area contributed by atoms with E-state index in [2.05, 4.69) is 30.8 Å². The number of amides is 1. The van der Waals surface area contributed by atoms with Crippen molar-refractivity contribution in [3.63, 3.8) is 0 Å². The van der Waals surface area contributed by atoms with Crippen molar-refractivity contribution in [3.8, 4) is 0 Å². The number of aromatic nitrogens is 4. The maximum atomic E-state index is 11.5. The summed E-state index contributed by atoms with van der Waals surface area (Å²) in [7, 11) is 0. The van der Waals surface area contributed by atoms with Crippen molar-refractivity contribution < 1.29 is 4.79 Å². The van der Waals surface area contributed by atoms with Crippen LogP contribution in [-0.2, 0) is 6.54 Å². The number of nitrogens with one attached hydrogen (secondary N) is 2. The molecule has 2 rings (SSSR count). The van der Waals surface area contributed by atoms with Crippen LogP contribution in [0.3, 0.4) is 0 Å². The van der Waals surface area contributed by atoms with Gasteiger partial charge in [0.2, 0.25) is 0 Å². The molecule has 0 bridgehead atoms. The Morgan fingerprint density at radius 3 is 2.79 bits per heavy atom. The first-order valence-corrected chi connectivity index (χ1v) is 5.90. The summed E-state index contributed by atoms with van der Waals surface area (Å²) in [6.45, 7) is 2.94. The lowest BCUT2D eigenvalue weighted by Gasteiger charge is -2.05. The van der Waals surface area contributed by atoms with Crippen LogP contribution in [-0.4, -0.2) is 32.6 Å². The van der Waals surface area contributed by atoms with E-state index in [1.54, 1.807) is 18.3 Å². The van der Waals surface area contributed by atoms with Crippen LogP contribution in [0.15, 0.2) is 30.7 Å². The molecule has 1 amide bonds. The number of carbonyl (C=O) groups is 1. The second-order valence-electron chi connectivity index (χ2n) is 3.72. The van der Waals surface area contributed by atoms with E-state index in [4.69, 9.17) is 0 Å². The van der Waals surface area contributed by atoms with Gasteiger partial charge >= 0.3 is 0 Å². The normalized spacial score (nSPS) is 9.95. The van der Waals surface area contributed by atoms with Crippen molar-refractivity contribution in [1.29, 1.82) is 0 Å². The molecule has 0 atom stereocenters. The summed E-state index contributed by atoms with van der Waals surface area (Å²) in [5.74, 6) is 0.365. The van der Waals surface area contributed by atoms with Gasteiger partial charge < -0.3 is 10.6 Å². The van der Waals surface area contributed by atoms with Crippen LogP contribution in [0.2, 0.25) is 0 Å². The second-order valence-corrected chi connectivity index (χ2v) is 3.72. The third kappa shape index (κ3) is 3.70. The molecule has 0 radical (unpaired) electrons. The summed E-state index contributed by atoms with van der Waals surface area (Å²) in [6.07, 6.45) is 3.16. The van der Waals surface area contributed by atoms with Gasteiger partial charge in [-0.05, 0) is 25.1 Å². The van der Waals surface area contributed by atoms with Crippen LogP contribution in [0.4, 0.5) is 5.82 Å². The van der Waals surface area contributed by atoms with Gasteiger partial charge in [0.25, 0.3) is 5.91 Å². The molecule has 0 aliphatic carbocycles. The molecular formula is C12H14N6O. The number of nitrogens with zero attached hydrogens (tertiary/aromatic N) is 4. The van der Waals surface area contributed by atoms with Gasteiger partial charge in [-0.1, -0.05) is 0 Å². The number of rotatable bonds is 5. The van der Waals surface area contributed by atoms with Gasteiger partial charge in [-0.25, -0.2) is 9.97 Å². The number of carbonyl (C=O) groups excluding carboxylic acids is 1. The number of hydrogen-bond acceptors (Lipinski definition) is 6. The minimum Gasteiger partial charge on any atom is -0.363 e. The smallest absolute Gasteiger partial charge is 0.271 e. The fourth-order valence-electron chi connectivity index (χ4n) is 1.40. The fourth-order valence-corrected chi connectivity index (χ4v) is 1.40. The molecular weight excluding hydrogens is 244 g/mol. The molecule has 0 spiro atoms.